The third-order valence-corrected chi connectivity index (χ3v) is 7.37. The van der Waals surface area contributed by atoms with Gasteiger partial charge in [-0.25, -0.2) is 8.78 Å². The maximum atomic E-state index is 14.0. The molecule has 0 aromatic heterocycles. The summed E-state index contributed by atoms with van der Waals surface area (Å²) in [7, 11) is 0. The second-order valence-corrected chi connectivity index (χ2v) is 10.6. The predicted molar refractivity (Wildman–Crippen MR) is 95.4 cm³/mol. The summed E-state index contributed by atoms with van der Waals surface area (Å²) in [6.45, 7) is 0. The lowest BCUT2D eigenvalue weighted by molar-refractivity contribution is -0.467. The first-order chi connectivity index (χ1) is 22.8. The molecular weight excluding hydrogens is 886 g/mol. The van der Waals surface area contributed by atoms with Gasteiger partial charge in [-0.2, -0.15) is 140 Å². The van der Waals surface area contributed by atoms with Gasteiger partial charge in [-0.15, -0.1) is 0 Å². The van der Waals surface area contributed by atoms with Gasteiger partial charge in [0, 0.05) is 0 Å². The maximum absolute atomic E-state index is 14.0. The Morgan fingerprint density at radius 1 is 0.241 bits per heavy atom. The smallest absolute Gasteiger partial charge is 0.204 e. The molecule has 34 heteroatoms. The van der Waals surface area contributed by atoms with Crippen molar-refractivity contribution in [1.29, 1.82) is 0 Å². The van der Waals surface area contributed by atoms with Gasteiger partial charge in [-0.3, -0.25) is 0 Å². The zero-order valence-electron chi connectivity index (χ0n) is 22.9. The minimum absolute atomic E-state index is 5.41. The summed E-state index contributed by atoms with van der Waals surface area (Å²) in [6, 6.07) is 0. The minimum Gasteiger partial charge on any atom is -0.204 e. The first-order valence-electron chi connectivity index (χ1n) is 11.7. The first kappa shape index (κ1) is 47.3. The molecule has 2 aliphatic rings. The van der Waals surface area contributed by atoms with E-state index < -0.39 is 118 Å². The van der Waals surface area contributed by atoms with E-state index in [9.17, 15) is 149 Å². The average Bonchev–Trinajstić information content (AvgIpc) is 3.10. The summed E-state index contributed by atoms with van der Waals surface area (Å²) < 4.78 is 466. The van der Waals surface area contributed by atoms with Crippen LogP contribution in [-0.4, -0.2) is 94.8 Å². The Balaban J connectivity index is 2.88. The van der Waals surface area contributed by atoms with Crippen LogP contribution in [0.1, 0.15) is 0 Å². The number of rotatable bonds is 11. The van der Waals surface area contributed by atoms with Crippen molar-refractivity contribution < 1.29 is 149 Å². The van der Waals surface area contributed by atoms with E-state index in [1.54, 1.807) is 0 Å². The second-order valence-electron chi connectivity index (χ2n) is 10.6. The Bertz CT molecular complexity index is 1480. The zero-order chi connectivity index (χ0) is 44.3. The van der Waals surface area contributed by atoms with Gasteiger partial charge in [0.05, 0.1) is 0 Å². The first-order valence-corrected chi connectivity index (χ1v) is 11.7. The fraction of sp³-hybridized carbons (Fsp3) is 0.800. The number of allylic oxidation sites excluding steroid dienone is 4. The highest BCUT2D eigenvalue weighted by Gasteiger charge is 3.00. The minimum atomic E-state index is -10.1. The predicted octanol–water partition coefficient (Wildman–Crippen LogP) is 11.6. The lowest BCUT2D eigenvalue weighted by atomic mass is 9.83. The zero-order valence-corrected chi connectivity index (χ0v) is 22.9. The SMILES string of the molecule is FC1=C(C(F)(F)C(F)(F)C(F)(F)C(F)(F)C(F)(F)C(F)(F)C(F)(F)C(F)(F)C(F)(F)C(F)(F)C2=C(F)C(F)(F)C(F)(F)C2(F)F)C(F)(F)C(F)(F)C1(F)F. The van der Waals surface area contributed by atoms with Crippen LogP contribution in [0.5, 0.6) is 0 Å². The van der Waals surface area contributed by atoms with Gasteiger partial charge in [-0.05, 0) is 0 Å². The normalized spacial score (nSPS) is 24.1. The van der Waals surface area contributed by atoms with Crippen molar-refractivity contribution in [2.75, 3.05) is 0 Å². The molecule has 0 radical (unpaired) electrons. The Hall–Kier alpha value is -2.90. The van der Waals surface area contributed by atoms with Crippen LogP contribution < -0.4 is 0 Å². The molecule has 0 saturated heterocycles. The van der Waals surface area contributed by atoms with Gasteiger partial charge in [-0.1, -0.05) is 0 Å². The second kappa shape index (κ2) is 10.9. The molecule has 0 fully saturated rings. The van der Waals surface area contributed by atoms with Crippen LogP contribution in [0.4, 0.5) is 149 Å². The lowest BCUT2D eigenvalue weighted by Crippen LogP contribution is -2.77. The van der Waals surface area contributed by atoms with Crippen LogP contribution >= 0.6 is 0 Å². The molecule has 2 aliphatic carbocycles. The highest BCUT2D eigenvalue weighted by atomic mass is 19.4. The molecule has 0 aliphatic heterocycles. The molecule has 0 spiro atoms. The van der Waals surface area contributed by atoms with Crippen molar-refractivity contribution in [2.24, 2.45) is 0 Å². The molecule has 0 N–H and O–H groups in total. The van der Waals surface area contributed by atoms with E-state index in [1.807, 2.05) is 0 Å². The Morgan fingerprint density at radius 2 is 0.389 bits per heavy atom. The third-order valence-electron chi connectivity index (χ3n) is 7.37. The molecule has 0 amide bonds. The average molecular weight is 886 g/mol. The Morgan fingerprint density at radius 3 is 0.519 bits per heavy atom. The fourth-order valence-corrected chi connectivity index (χ4v) is 4.13. The summed E-state index contributed by atoms with van der Waals surface area (Å²) in [4.78, 5) is 0. The van der Waals surface area contributed by atoms with Gasteiger partial charge in [0.25, 0.3) is 0 Å². The molecule has 0 unspecified atom stereocenters. The van der Waals surface area contributed by atoms with Crippen molar-refractivity contribution in [1.82, 2.24) is 0 Å². The van der Waals surface area contributed by atoms with Crippen molar-refractivity contribution in [2.45, 2.75) is 94.8 Å². The number of hydrogen-bond acceptors (Lipinski definition) is 0. The molecule has 0 nitrogen and oxygen atoms in total. The lowest BCUT2D eigenvalue weighted by Gasteiger charge is -2.45. The molecule has 318 valence electrons. The maximum Gasteiger partial charge on any atom is 0.385 e. The summed E-state index contributed by atoms with van der Waals surface area (Å²) in [5.74, 6) is -155. The third kappa shape index (κ3) is 4.54. The van der Waals surface area contributed by atoms with Crippen LogP contribution in [0.15, 0.2) is 22.8 Å². The quantitative estimate of drug-likeness (QED) is 0.181. The molecule has 2 rings (SSSR count). The van der Waals surface area contributed by atoms with Crippen LogP contribution in [0.25, 0.3) is 0 Å². The topological polar surface area (TPSA) is 0 Å². The van der Waals surface area contributed by atoms with E-state index in [4.69, 9.17) is 0 Å². The van der Waals surface area contributed by atoms with Gasteiger partial charge in [0.1, 0.15) is 11.1 Å². The molecule has 54 heavy (non-hydrogen) atoms. The van der Waals surface area contributed by atoms with E-state index in [1.165, 1.54) is 0 Å². The van der Waals surface area contributed by atoms with E-state index in [0.717, 1.165) is 0 Å². The van der Waals surface area contributed by atoms with E-state index in [0.29, 0.717) is 0 Å². The van der Waals surface area contributed by atoms with Gasteiger partial charge in [0.2, 0.25) is 0 Å². The van der Waals surface area contributed by atoms with E-state index in [-0.39, 0.29) is 0 Å². The van der Waals surface area contributed by atoms with E-state index in [2.05, 4.69) is 0 Å². The molecule has 0 atom stereocenters. The standard InChI is InChI=1S/C20F34/c21-3-1(5(23,24)11(35,36)9(3,31)32)7(27,28)13(39,40)15(43,44)17(47,48)19(51,52)20(53,54)18(49,50)16(45,46)14(41,42)8(29,30)2-4(22)10(33,34)12(37,38)6(2,25)26. The largest absolute Gasteiger partial charge is 0.385 e. The molecular formula is C20F34. The summed E-state index contributed by atoms with van der Waals surface area (Å²) >= 11 is 0. The number of alkyl halides is 32. The van der Waals surface area contributed by atoms with Gasteiger partial charge in [0.15, 0.2) is 11.7 Å². The highest BCUT2D eigenvalue weighted by molar-refractivity contribution is 5.45. The Kier molecular flexibility index (Phi) is 9.57. The van der Waals surface area contributed by atoms with E-state index >= 15 is 0 Å². The molecule has 0 aromatic carbocycles. The summed E-state index contributed by atoms with van der Waals surface area (Å²) in [6.07, 6.45) is 0. The van der Waals surface area contributed by atoms with Crippen LogP contribution in [0.3, 0.4) is 0 Å². The number of hydrogen-bond donors (Lipinski definition) is 0. The van der Waals surface area contributed by atoms with Crippen molar-refractivity contribution >= 4 is 0 Å². The molecule has 0 saturated carbocycles. The molecule has 0 aromatic rings. The number of halogens is 34. The summed E-state index contributed by atoms with van der Waals surface area (Å²) in [5, 5.41) is 0. The van der Waals surface area contributed by atoms with Gasteiger partial charge >= 0.3 is 94.8 Å². The van der Waals surface area contributed by atoms with Crippen LogP contribution in [0, 0.1) is 0 Å². The molecule has 0 bridgehead atoms. The molecule has 0 heterocycles. The van der Waals surface area contributed by atoms with Gasteiger partial charge < -0.3 is 0 Å². The highest BCUT2D eigenvalue weighted by Crippen LogP contribution is 2.72. The van der Waals surface area contributed by atoms with Crippen LogP contribution in [0.2, 0.25) is 0 Å². The van der Waals surface area contributed by atoms with Crippen molar-refractivity contribution in [3.63, 3.8) is 0 Å². The van der Waals surface area contributed by atoms with Crippen molar-refractivity contribution in [3.8, 4) is 0 Å². The fourth-order valence-electron chi connectivity index (χ4n) is 4.13. The monoisotopic (exact) mass is 886 g/mol. The van der Waals surface area contributed by atoms with Crippen molar-refractivity contribution in [3.05, 3.63) is 22.8 Å². The summed E-state index contributed by atoms with van der Waals surface area (Å²) in [5.41, 5.74) is -11.6. The Labute approximate surface area is 268 Å². The van der Waals surface area contributed by atoms with Crippen LogP contribution in [-0.2, 0) is 0 Å².